The molecule has 0 aromatic heterocycles. The molecule has 1 aliphatic carbocycles. The van der Waals surface area contributed by atoms with Crippen LogP contribution in [0.5, 0.6) is 0 Å². The molecule has 2 aromatic carbocycles. The number of benzene rings is 3. The number of aryl methyl sites for hydroxylation is 2. The van der Waals surface area contributed by atoms with Gasteiger partial charge in [0.25, 0.3) is 5.91 Å². The number of rotatable bonds is 18. The van der Waals surface area contributed by atoms with Gasteiger partial charge in [-0.3, -0.25) is 9.79 Å². The van der Waals surface area contributed by atoms with E-state index >= 15 is 0 Å². The smallest absolute Gasteiger partial charge is 0.460 e. The van der Waals surface area contributed by atoms with E-state index in [1.165, 1.54) is 12.1 Å². The molecule has 0 fully saturated rings. The van der Waals surface area contributed by atoms with Crippen molar-refractivity contribution in [2.24, 2.45) is 4.99 Å². The third-order valence-electron chi connectivity index (χ3n) is 9.74. The number of nitrogens with one attached hydrogen (secondary N) is 2. The summed E-state index contributed by atoms with van der Waals surface area (Å²) in [6.45, 7) is 4.67. The van der Waals surface area contributed by atoms with Crippen LogP contribution >= 0.6 is 0 Å². The van der Waals surface area contributed by atoms with E-state index in [0.717, 1.165) is 17.3 Å². The molecular weight excluding hydrogens is 913 g/mol. The molecular formula is C39H34F17N3O5. The van der Waals surface area contributed by atoms with Crippen molar-refractivity contribution in [1.82, 2.24) is 5.32 Å². The fourth-order valence-corrected chi connectivity index (χ4v) is 6.28. The van der Waals surface area contributed by atoms with E-state index in [2.05, 4.69) is 20.4 Å². The van der Waals surface area contributed by atoms with E-state index in [1.807, 2.05) is 13.8 Å². The van der Waals surface area contributed by atoms with E-state index < -0.39 is 91.3 Å². The first-order valence-corrected chi connectivity index (χ1v) is 18.4. The molecule has 0 unspecified atom stereocenters. The van der Waals surface area contributed by atoms with Gasteiger partial charge in [-0.15, -0.1) is 0 Å². The van der Waals surface area contributed by atoms with Crippen molar-refractivity contribution < 1.29 is 98.5 Å². The summed E-state index contributed by atoms with van der Waals surface area (Å²) in [6.07, 6.45) is -10.7. The Labute approximate surface area is 349 Å². The van der Waals surface area contributed by atoms with Gasteiger partial charge in [-0.1, -0.05) is 6.07 Å². The van der Waals surface area contributed by atoms with Crippen LogP contribution in [0.25, 0.3) is 33.4 Å². The Hall–Kier alpha value is -5.36. The molecule has 2 aliphatic rings. The maximum absolute atomic E-state index is 14.2. The quantitative estimate of drug-likeness (QED) is 0.0520. The molecule has 0 radical (unpaired) electrons. The number of carbonyl (C=O) groups excluding carboxylic acids is 1. The average molecular weight is 948 g/mol. The Morgan fingerprint density at radius 1 is 0.703 bits per heavy atom. The van der Waals surface area contributed by atoms with Crippen molar-refractivity contribution >= 4 is 28.5 Å². The van der Waals surface area contributed by atoms with Crippen LogP contribution < -0.4 is 16.0 Å². The summed E-state index contributed by atoms with van der Waals surface area (Å²) in [5.74, 6) is -59.4. The maximum Gasteiger partial charge on any atom is 0.460 e. The fraction of sp³-hybridized carbons (Fsp3) is 0.462. The number of amides is 1. The first-order valence-electron chi connectivity index (χ1n) is 18.4. The van der Waals surface area contributed by atoms with E-state index in [9.17, 15) is 89.3 Å². The van der Waals surface area contributed by atoms with Gasteiger partial charge in [0.1, 0.15) is 11.3 Å². The topological polar surface area (TPSA) is 113 Å². The number of anilines is 1. The van der Waals surface area contributed by atoms with Crippen LogP contribution in [-0.2, 0) is 4.74 Å². The first-order chi connectivity index (χ1) is 29.2. The summed E-state index contributed by atoms with van der Waals surface area (Å²) in [5.41, 5.74) is 2.78. The van der Waals surface area contributed by atoms with Gasteiger partial charge in [-0.25, -0.2) is 4.79 Å². The van der Waals surface area contributed by atoms with E-state index in [0.29, 0.717) is 51.9 Å². The summed E-state index contributed by atoms with van der Waals surface area (Å²) >= 11 is 0. The third-order valence-corrected chi connectivity index (χ3v) is 9.74. The highest BCUT2D eigenvalue weighted by atomic mass is 19.4. The number of fused-ring (bicyclic) bond motifs is 2. The number of aromatic carboxylic acids is 1. The molecule has 3 N–H and O–H groups in total. The van der Waals surface area contributed by atoms with Gasteiger partial charge >= 0.3 is 53.6 Å². The van der Waals surface area contributed by atoms with Gasteiger partial charge in [0.05, 0.1) is 24.1 Å². The minimum atomic E-state index is -8.73. The van der Waals surface area contributed by atoms with Crippen molar-refractivity contribution in [3.8, 4) is 22.5 Å². The van der Waals surface area contributed by atoms with Crippen LogP contribution in [0.3, 0.4) is 0 Å². The lowest BCUT2D eigenvalue weighted by atomic mass is 9.88. The lowest BCUT2D eigenvalue weighted by Gasteiger charge is -2.42. The van der Waals surface area contributed by atoms with Gasteiger partial charge < -0.3 is 24.9 Å². The van der Waals surface area contributed by atoms with Gasteiger partial charge in [0.15, 0.2) is 0 Å². The molecule has 0 atom stereocenters. The van der Waals surface area contributed by atoms with Crippen molar-refractivity contribution in [2.45, 2.75) is 81.7 Å². The maximum atomic E-state index is 14.2. The number of nitrogens with zero attached hydrogens (tertiary/aromatic N) is 1. The number of carboxylic acids is 1. The standard InChI is InChI=1S/C39H34F17N3O5/c1-5-57-25-16-27-23(13-18(25)3)29(24-14-19(4)26(58-6-2)17-28(24)64-27)21-8-7-20(15-22(21)31(61)62)30(60)59-10-12-63-11-9-32(40,41)33(42,43)34(44,45)35(46,47)36(48,49)37(50,51)38(52,53)39(54,55)56/h7-8,13-17,57H,5-6,9-12H2,1-4H3,(H,59,60)(H,61,62). The second-order valence-electron chi connectivity index (χ2n) is 14.1. The van der Waals surface area contributed by atoms with Crippen molar-refractivity contribution in [1.29, 1.82) is 0 Å². The minimum absolute atomic E-state index is 0.117. The Balaban J connectivity index is 1.53. The van der Waals surface area contributed by atoms with Gasteiger partial charge in [-0.05, 0) is 68.7 Å². The lowest BCUT2D eigenvalue weighted by molar-refractivity contribution is -0.462. The Morgan fingerprint density at radius 3 is 1.83 bits per heavy atom. The van der Waals surface area contributed by atoms with Gasteiger partial charge in [0, 0.05) is 66.0 Å². The Kier molecular flexibility index (Phi) is 14.1. The lowest BCUT2D eigenvalue weighted by Crippen LogP contribution is -2.74. The molecule has 1 heterocycles. The highest BCUT2D eigenvalue weighted by Gasteiger charge is 2.95. The van der Waals surface area contributed by atoms with E-state index in [4.69, 9.17) is 4.42 Å². The van der Waals surface area contributed by atoms with Crippen LogP contribution in [0.4, 0.5) is 80.3 Å². The zero-order valence-corrected chi connectivity index (χ0v) is 33.2. The summed E-state index contributed by atoms with van der Waals surface area (Å²) in [7, 11) is 0. The second kappa shape index (κ2) is 17.6. The average Bonchev–Trinajstić information content (AvgIpc) is 3.18. The van der Waals surface area contributed by atoms with Crippen LogP contribution in [0.2, 0.25) is 0 Å². The molecule has 25 heteroatoms. The number of hydrogen-bond donors (Lipinski definition) is 3. The molecule has 0 saturated carbocycles. The van der Waals surface area contributed by atoms with Crippen LogP contribution in [0.1, 0.15) is 52.1 Å². The number of carbonyl (C=O) groups is 2. The SMILES string of the molecule is CCN=c1cc2oc3cc(NCC)c(C)cc3c(-c3ccc(C(=O)NCCOCCC(F)(F)C(F)(F)C(F)(F)C(F)(F)C(F)(F)C(F)(F)C(F)(F)C(F)(F)F)cc3C(=O)O)c-2cc1C. The van der Waals surface area contributed by atoms with Crippen LogP contribution in [0, 0.1) is 13.8 Å². The highest BCUT2D eigenvalue weighted by molar-refractivity contribution is 6.09. The number of alkyl halides is 17. The zero-order valence-electron chi connectivity index (χ0n) is 33.2. The zero-order chi connectivity index (χ0) is 48.8. The van der Waals surface area contributed by atoms with Crippen molar-refractivity contribution in [3.05, 3.63) is 70.1 Å². The third kappa shape index (κ3) is 8.62. The summed E-state index contributed by atoms with van der Waals surface area (Å²) < 4.78 is 241. The summed E-state index contributed by atoms with van der Waals surface area (Å²) in [5, 5.41) is 16.7. The number of halogens is 17. The molecule has 64 heavy (non-hydrogen) atoms. The van der Waals surface area contributed by atoms with Gasteiger partial charge in [0.2, 0.25) is 0 Å². The normalized spacial score (nSPS) is 14.1. The summed E-state index contributed by atoms with van der Waals surface area (Å²) in [4.78, 5) is 30.1. The van der Waals surface area contributed by atoms with E-state index in [-0.39, 0.29) is 11.1 Å². The molecule has 4 rings (SSSR count). The molecule has 8 nitrogen and oxygen atoms in total. The number of ether oxygens (including phenoxy) is 1. The monoisotopic (exact) mass is 947 g/mol. The Morgan fingerprint density at radius 2 is 1.28 bits per heavy atom. The van der Waals surface area contributed by atoms with Crippen LogP contribution in [-0.4, -0.2) is 97.5 Å². The fourth-order valence-electron chi connectivity index (χ4n) is 6.28. The predicted octanol–water partition coefficient (Wildman–Crippen LogP) is 11.0. The Bertz CT molecular complexity index is 2430. The van der Waals surface area contributed by atoms with Gasteiger partial charge in [-0.2, -0.15) is 74.6 Å². The number of carboxylic acid groups (broad SMARTS) is 1. The van der Waals surface area contributed by atoms with Crippen LogP contribution in [0.15, 0.2) is 51.9 Å². The highest BCUT2D eigenvalue weighted by Crippen LogP contribution is 2.64. The molecule has 2 aromatic rings. The van der Waals surface area contributed by atoms with E-state index in [1.54, 1.807) is 38.1 Å². The molecule has 354 valence electrons. The largest absolute Gasteiger partial charge is 0.478 e. The molecule has 1 aliphatic heterocycles. The minimum Gasteiger partial charge on any atom is -0.478 e. The summed E-state index contributed by atoms with van der Waals surface area (Å²) in [6, 6.07) is 10.4. The predicted molar refractivity (Wildman–Crippen MR) is 193 cm³/mol. The van der Waals surface area contributed by atoms with Crippen molar-refractivity contribution in [3.63, 3.8) is 0 Å². The van der Waals surface area contributed by atoms with Crippen molar-refractivity contribution in [2.75, 3.05) is 38.2 Å². The molecule has 1 amide bonds. The number of hydrogen-bond acceptors (Lipinski definition) is 6. The second-order valence-corrected chi connectivity index (χ2v) is 14.1. The first kappa shape index (κ1) is 51.3. The molecule has 0 spiro atoms. The molecule has 0 saturated heterocycles. The molecule has 0 bridgehead atoms.